The monoisotopic (exact) mass is 339 g/mol. The molecule has 1 saturated heterocycles. The summed E-state index contributed by atoms with van der Waals surface area (Å²) in [4.78, 5) is 14.8. The lowest BCUT2D eigenvalue weighted by Crippen LogP contribution is -2.42. The Bertz CT molecular complexity index is 916. The largest absolute Gasteiger partial charge is 0.461 e. The molecule has 0 radical (unpaired) electrons. The number of fused-ring (bicyclic) bond motifs is 1. The first-order valence-electron chi connectivity index (χ1n) is 8.27. The molecule has 0 N–H and O–H groups in total. The van der Waals surface area contributed by atoms with Crippen molar-refractivity contribution in [3.8, 4) is 0 Å². The van der Waals surface area contributed by atoms with Crippen LogP contribution in [0.4, 0.5) is 4.39 Å². The molecule has 2 heterocycles. The number of amides is 1. The highest BCUT2D eigenvalue weighted by Gasteiger charge is 2.27. The molecular weight excluding hydrogens is 321 g/mol. The SMILES string of the molecule is Cc1cc2cccc(C(=O)N3CCO[C@H](c4ccc(F)cc4)C3)c2o1. The Morgan fingerprint density at radius 3 is 2.80 bits per heavy atom. The minimum Gasteiger partial charge on any atom is -0.461 e. The fraction of sp³-hybridized carbons (Fsp3) is 0.250. The highest BCUT2D eigenvalue weighted by atomic mass is 19.1. The normalized spacial score (nSPS) is 17.8. The molecule has 4 nitrogen and oxygen atoms in total. The van der Waals surface area contributed by atoms with E-state index in [1.165, 1.54) is 12.1 Å². The number of morpholine rings is 1. The first-order chi connectivity index (χ1) is 12.1. The van der Waals surface area contributed by atoms with Crippen LogP contribution < -0.4 is 0 Å². The number of para-hydroxylation sites is 1. The molecule has 1 amide bonds. The number of benzene rings is 2. The van der Waals surface area contributed by atoms with E-state index in [4.69, 9.17) is 9.15 Å². The molecule has 0 spiro atoms. The Morgan fingerprint density at radius 1 is 1.20 bits per heavy atom. The average Bonchev–Trinajstić information content (AvgIpc) is 3.02. The summed E-state index contributed by atoms with van der Waals surface area (Å²) in [6.07, 6.45) is -0.254. The van der Waals surface area contributed by atoms with Crippen LogP contribution in [0.15, 0.2) is 52.9 Å². The van der Waals surface area contributed by atoms with Crippen molar-refractivity contribution in [2.45, 2.75) is 13.0 Å². The zero-order chi connectivity index (χ0) is 17.4. The van der Waals surface area contributed by atoms with E-state index in [1.807, 2.05) is 25.1 Å². The second-order valence-corrected chi connectivity index (χ2v) is 6.24. The maximum absolute atomic E-state index is 13.1. The molecule has 4 rings (SSSR count). The van der Waals surface area contributed by atoms with Crippen LogP contribution >= 0.6 is 0 Å². The van der Waals surface area contributed by atoms with E-state index in [2.05, 4.69) is 0 Å². The maximum atomic E-state index is 13.1. The van der Waals surface area contributed by atoms with E-state index < -0.39 is 0 Å². The predicted octanol–water partition coefficient (Wildman–Crippen LogP) is 4.09. The van der Waals surface area contributed by atoms with E-state index in [9.17, 15) is 9.18 Å². The first-order valence-corrected chi connectivity index (χ1v) is 8.27. The van der Waals surface area contributed by atoms with Gasteiger partial charge >= 0.3 is 0 Å². The van der Waals surface area contributed by atoms with E-state index in [0.717, 1.165) is 16.7 Å². The Hall–Kier alpha value is -2.66. The number of nitrogens with zero attached hydrogens (tertiary/aromatic N) is 1. The second-order valence-electron chi connectivity index (χ2n) is 6.24. The highest BCUT2D eigenvalue weighted by molar-refractivity contribution is 6.05. The van der Waals surface area contributed by atoms with Crippen LogP contribution in [0.3, 0.4) is 0 Å². The molecule has 1 aliphatic heterocycles. The van der Waals surface area contributed by atoms with Gasteiger partial charge in [-0.1, -0.05) is 24.3 Å². The van der Waals surface area contributed by atoms with Crippen LogP contribution in [0.1, 0.15) is 27.8 Å². The van der Waals surface area contributed by atoms with Gasteiger partial charge in [-0.05, 0) is 36.8 Å². The summed E-state index contributed by atoms with van der Waals surface area (Å²) in [5.74, 6) is 0.420. The third kappa shape index (κ3) is 3.03. The molecular formula is C20H18FNO3. The van der Waals surface area contributed by atoms with Gasteiger partial charge in [0.15, 0.2) is 0 Å². The molecule has 2 aromatic carbocycles. The number of ether oxygens (including phenoxy) is 1. The molecule has 1 atom stereocenters. The van der Waals surface area contributed by atoms with Gasteiger partial charge in [0, 0.05) is 11.9 Å². The lowest BCUT2D eigenvalue weighted by molar-refractivity contribution is -0.0228. The summed E-state index contributed by atoms with van der Waals surface area (Å²) in [6, 6.07) is 13.7. The Labute approximate surface area is 144 Å². The zero-order valence-corrected chi connectivity index (χ0v) is 13.9. The van der Waals surface area contributed by atoms with Gasteiger partial charge in [-0.2, -0.15) is 0 Å². The molecule has 5 heteroatoms. The van der Waals surface area contributed by atoms with Crippen molar-refractivity contribution in [3.05, 3.63) is 71.2 Å². The van der Waals surface area contributed by atoms with Gasteiger partial charge in [0.05, 0.1) is 18.7 Å². The van der Waals surface area contributed by atoms with Crippen molar-refractivity contribution in [1.82, 2.24) is 4.90 Å². The minimum atomic E-state index is -0.285. The van der Waals surface area contributed by atoms with Gasteiger partial charge < -0.3 is 14.1 Å². The highest BCUT2D eigenvalue weighted by Crippen LogP contribution is 2.27. The molecule has 3 aromatic rings. The van der Waals surface area contributed by atoms with E-state index in [1.54, 1.807) is 23.1 Å². The number of carbonyl (C=O) groups is 1. The summed E-state index contributed by atoms with van der Waals surface area (Å²) in [6.45, 7) is 3.27. The number of carbonyl (C=O) groups excluding carboxylic acids is 1. The number of hydrogen-bond donors (Lipinski definition) is 0. The smallest absolute Gasteiger partial charge is 0.257 e. The van der Waals surface area contributed by atoms with Crippen molar-refractivity contribution < 1.29 is 18.3 Å². The number of aryl methyl sites for hydroxylation is 1. The average molecular weight is 339 g/mol. The third-order valence-corrected chi connectivity index (χ3v) is 4.49. The number of hydrogen-bond acceptors (Lipinski definition) is 3. The molecule has 128 valence electrons. The standard InChI is InChI=1S/C20H18FNO3/c1-13-11-15-3-2-4-17(19(15)25-13)20(23)22-9-10-24-18(12-22)14-5-7-16(21)8-6-14/h2-8,11,18H,9-10,12H2,1H3/t18-/m0/s1. The topological polar surface area (TPSA) is 42.7 Å². The molecule has 0 bridgehead atoms. The molecule has 0 unspecified atom stereocenters. The van der Waals surface area contributed by atoms with Crippen molar-refractivity contribution >= 4 is 16.9 Å². The first kappa shape index (κ1) is 15.8. The van der Waals surface area contributed by atoms with Crippen molar-refractivity contribution in [1.29, 1.82) is 0 Å². The predicted molar refractivity (Wildman–Crippen MR) is 91.9 cm³/mol. The fourth-order valence-electron chi connectivity index (χ4n) is 3.24. The quantitative estimate of drug-likeness (QED) is 0.706. The van der Waals surface area contributed by atoms with Gasteiger partial charge in [0.25, 0.3) is 5.91 Å². The Kier molecular flexibility index (Phi) is 4.01. The lowest BCUT2D eigenvalue weighted by Gasteiger charge is -2.33. The van der Waals surface area contributed by atoms with Crippen molar-refractivity contribution in [2.75, 3.05) is 19.7 Å². The fourth-order valence-corrected chi connectivity index (χ4v) is 3.24. The van der Waals surface area contributed by atoms with Gasteiger partial charge in [0.2, 0.25) is 0 Å². The van der Waals surface area contributed by atoms with Gasteiger partial charge in [-0.15, -0.1) is 0 Å². The summed E-state index contributed by atoms with van der Waals surface area (Å²) >= 11 is 0. The van der Waals surface area contributed by atoms with Crippen LogP contribution in [0, 0.1) is 12.7 Å². The van der Waals surface area contributed by atoms with Gasteiger partial charge in [-0.25, -0.2) is 4.39 Å². The Balaban J connectivity index is 1.60. The third-order valence-electron chi connectivity index (χ3n) is 4.49. The molecule has 1 aromatic heterocycles. The molecule has 1 aliphatic rings. The summed E-state index contributed by atoms with van der Waals surface area (Å²) < 4.78 is 24.6. The van der Waals surface area contributed by atoms with E-state index in [-0.39, 0.29) is 17.8 Å². The maximum Gasteiger partial charge on any atom is 0.257 e. The summed E-state index contributed by atoms with van der Waals surface area (Å²) in [7, 11) is 0. The molecule has 0 saturated carbocycles. The number of halogens is 1. The van der Waals surface area contributed by atoms with Crippen molar-refractivity contribution in [3.63, 3.8) is 0 Å². The summed E-state index contributed by atoms with van der Waals surface area (Å²) in [5.41, 5.74) is 2.05. The van der Waals surface area contributed by atoms with E-state index in [0.29, 0.717) is 30.8 Å². The van der Waals surface area contributed by atoms with Crippen LogP contribution in [0.5, 0.6) is 0 Å². The Morgan fingerprint density at radius 2 is 2.00 bits per heavy atom. The second kappa shape index (κ2) is 6.33. The molecule has 1 fully saturated rings. The van der Waals surface area contributed by atoms with Gasteiger partial charge in [-0.3, -0.25) is 4.79 Å². The van der Waals surface area contributed by atoms with Crippen LogP contribution in [-0.4, -0.2) is 30.5 Å². The zero-order valence-electron chi connectivity index (χ0n) is 13.9. The number of rotatable bonds is 2. The number of furan rings is 1. The van der Waals surface area contributed by atoms with E-state index >= 15 is 0 Å². The summed E-state index contributed by atoms with van der Waals surface area (Å²) in [5, 5.41) is 0.923. The van der Waals surface area contributed by atoms with Gasteiger partial charge in [0.1, 0.15) is 23.3 Å². The lowest BCUT2D eigenvalue weighted by atomic mass is 10.1. The van der Waals surface area contributed by atoms with Crippen molar-refractivity contribution in [2.24, 2.45) is 0 Å². The van der Waals surface area contributed by atoms with Crippen LogP contribution in [0.25, 0.3) is 11.0 Å². The molecule has 25 heavy (non-hydrogen) atoms. The minimum absolute atomic E-state index is 0.0737. The van der Waals surface area contributed by atoms with Crippen LogP contribution in [0.2, 0.25) is 0 Å². The van der Waals surface area contributed by atoms with Crippen LogP contribution in [-0.2, 0) is 4.74 Å². The molecule has 0 aliphatic carbocycles.